The number of pyridine rings is 1. The molecule has 7 nitrogen and oxygen atoms in total. The molecule has 0 aliphatic heterocycles. The second-order valence-electron chi connectivity index (χ2n) is 6.96. The highest BCUT2D eigenvalue weighted by molar-refractivity contribution is 5.96. The molecular weight excluding hydrogens is 378 g/mol. The number of ether oxygens (including phenoxy) is 1. The van der Waals surface area contributed by atoms with Gasteiger partial charge < -0.3 is 10.1 Å². The lowest BCUT2D eigenvalue weighted by Crippen LogP contribution is -2.33. The summed E-state index contributed by atoms with van der Waals surface area (Å²) in [5.41, 5.74) is 3.29. The molecule has 2 heterocycles. The van der Waals surface area contributed by atoms with Gasteiger partial charge in [0.2, 0.25) is 5.91 Å². The summed E-state index contributed by atoms with van der Waals surface area (Å²) in [5.74, 6) is 1.16. The summed E-state index contributed by atoms with van der Waals surface area (Å²) in [6.07, 6.45) is 1.90. The number of rotatable bonds is 7. The monoisotopic (exact) mass is 401 g/mol. The Morgan fingerprint density at radius 1 is 1.07 bits per heavy atom. The van der Waals surface area contributed by atoms with Crippen LogP contribution in [0.5, 0.6) is 5.75 Å². The SMILES string of the molecule is COc1ccc(C)cc1NC(=O)C(NCc1nnc2ccccn12)c1ccccc1. The normalized spacial score (nSPS) is 11.9. The Morgan fingerprint density at radius 2 is 1.87 bits per heavy atom. The number of aryl methyl sites for hydroxylation is 1. The second-order valence-corrected chi connectivity index (χ2v) is 6.96. The molecule has 2 N–H and O–H groups in total. The number of carbonyl (C=O) groups excluding carboxylic acids is 1. The van der Waals surface area contributed by atoms with Crippen LogP contribution in [-0.4, -0.2) is 27.6 Å². The number of aromatic nitrogens is 3. The third-order valence-corrected chi connectivity index (χ3v) is 4.86. The number of nitrogens with one attached hydrogen (secondary N) is 2. The molecule has 0 aliphatic carbocycles. The van der Waals surface area contributed by atoms with E-state index in [1.165, 1.54) is 0 Å². The molecule has 2 aromatic carbocycles. The number of anilines is 1. The molecule has 0 spiro atoms. The lowest BCUT2D eigenvalue weighted by molar-refractivity contribution is -0.118. The van der Waals surface area contributed by atoms with Crippen molar-refractivity contribution < 1.29 is 9.53 Å². The first-order valence-electron chi connectivity index (χ1n) is 9.68. The molecule has 1 atom stereocenters. The molecule has 4 aromatic rings. The molecule has 4 rings (SSSR count). The second kappa shape index (κ2) is 8.75. The van der Waals surface area contributed by atoms with E-state index in [1.54, 1.807) is 7.11 Å². The molecular formula is C23H23N5O2. The number of carbonyl (C=O) groups is 1. The van der Waals surface area contributed by atoms with E-state index in [4.69, 9.17) is 4.74 Å². The van der Waals surface area contributed by atoms with Crippen LogP contribution in [0.4, 0.5) is 5.69 Å². The van der Waals surface area contributed by atoms with Gasteiger partial charge in [-0.25, -0.2) is 0 Å². The van der Waals surface area contributed by atoms with E-state index in [-0.39, 0.29) is 5.91 Å². The minimum Gasteiger partial charge on any atom is -0.495 e. The summed E-state index contributed by atoms with van der Waals surface area (Å²) in [4.78, 5) is 13.2. The van der Waals surface area contributed by atoms with Gasteiger partial charge in [-0.3, -0.25) is 14.5 Å². The van der Waals surface area contributed by atoms with Gasteiger partial charge in [-0.2, -0.15) is 0 Å². The van der Waals surface area contributed by atoms with Crippen LogP contribution in [0.15, 0.2) is 72.9 Å². The van der Waals surface area contributed by atoms with Crippen molar-refractivity contribution in [2.24, 2.45) is 0 Å². The Labute approximate surface area is 174 Å². The van der Waals surface area contributed by atoms with Gasteiger partial charge in [0, 0.05) is 6.20 Å². The zero-order valence-electron chi connectivity index (χ0n) is 16.9. The van der Waals surface area contributed by atoms with Crippen molar-refractivity contribution in [3.8, 4) is 5.75 Å². The molecule has 0 bridgehead atoms. The molecule has 2 aromatic heterocycles. The minimum atomic E-state index is -0.576. The van der Waals surface area contributed by atoms with Crippen molar-refractivity contribution in [3.63, 3.8) is 0 Å². The van der Waals surface area contributed by atoms with E-state index in [9.17, 15) is 4.79 Å². The van der Waals surface area contributed by atoms with Crippen molar-refractivity contribution in [3.05, 3.63) is 89.9 Å². The topological polar surface area (TPSA) is 80.5 Å². The number of benzene rings is 2. The highest BCUT2D eigenvalue weighted by Gasteiger charge is 2.22. The van der Waals surface area contributed by atoms with Crippen LogP contribution in [0, 0.1) is 6.92 Å². The summed E-state index contributed by atoms with van der Waals surface area (Å²) >= 11 is 0. The van der Waals surface area contributed by atoms with Gasteiger partial charge in [0.15, 0.2) is 11.5 Å². The van der Waals surface area contributed by atoms with Crippen LogP contribution < -0.4 is 15.4 Å². The van der Waals surface area contributed by atoms with Crippen molar-refractivity contribution in [1.82, 2.24) is 19.9 Å². The van der Waals surface area contributed by atoms with Crippen molar-refractivity contribution in [1.29, 1.82) is 0 Å². The molecule has 7 heteroatoms. The molecule has 0 saturated carbocycles. The Balaban J connectivity index is 1.59. The first-order valence-corrected chi connectivity index (χ1v) is 9.68. The number of hydrogen-bond acceptors (Lipinski definition) is 5. The van der Waals surface area contributed by atoms with Crippen molar-refractivity contribution >= 4 is 17.2 Å². The van der Waals surface area contributed by atoms with Crippen LogP contribution in [0.3, 0.4) is 0 Å². The van der Waals surface area contributed by atoms with Crippen LogP contribution in [0.25, 0.3) is 5.65 Å². The molecule has 0 saturated heterocycles. The van der Waals surface area contributed by atoms with E-state index < -0.39 is 6.04 Å². The van der Waals surface area contributed by atoms with Gasteiger partial charge >= 0.3 is 0 Å². The fraction of sp³-hybridized carbons (Fsp3) is 0.174. The zero-order chi connectivity index (χ0) is 20.9. The van der Waals surface area contributed by atoms with Gasteiger partial charge in [-0.05, 0) is 42.3 Å². The molecule has 1 unspecified atom stereocenters. The number of fused-ring (bicyclic) bond motifs is 1. The largest absolute Gasteiger partial charge is 0.495 e. The average molecular weight is 401 g/mol. The third-order valence-electron chi connectivity index (χ3n) is 4.86. The molecule has 30 heavy (non-hydrogen) atoms. The first-order chi connectivity index (χ1) is 14.7. The van der Waals surface area contributed by atoms with Crippen molar-refractivity contribution in [2.75, 3.05) is 12.4 Å². The molecule has 0 radical (unpaired) electrons. The standard InChI is InChI=1S/C23H23N5O2/c1-16-11-12-19(30-2)18(14-16)25-23(29)22(17-8-4-3-5-9-17)24-15-21-27-26-20-10-6-7-13-28(20)21/h3-14,22,24H,15H2,1-2H3,(H,25,29). The Hall–Kier alpha value is -3.71. The fourth-order valence-electron chi connectivity index (χ4n) is 3.34. The summed E-state index contributed by atoms with van der Waals surface area (Å²) in [6.45, 7) is 2.35. The minimum absolute atomic E-state index is 0.182. The highest BCUT2D eigenvalue weighted by atomic mass is 16.5. The van der Waals surface area contributed by atoms with Crippen LogP contribution in [0.1, 0.15) is 23.0 Å². The van der Waals surface area contributed by atoms with Gasteiger partial charge in [-0.15, -0.1) is 10.2 Å². The van der Waals surface area contributed by atoms with Crippen LogP contribution in [0.2, 0.25) is 0 Å². The maximum Gasteiger partial charge on any atom is 0.246 e. The summed E-state index contributed by atoms with van der Waals surface area (Å²) < 4.78 is 7.30. The first kappa shape index (κ1) is 19.6. The van der Waals surface area contributed by atoms with E-state index in [0.29, 0.717) is 18.0 Å². The van der Waals surface area contributed by atoms with Gasteiger partial charge in [0.1, 0.15) is 11.8 Å². The Bertz CT molecular complexity index is 1160. The fourth-order valence-corrected chi connectivity index (χ4v) is 3.34. The predicted octanol–water partition coefficient (Wildman–Crippen LogP) is 3.52. The Morgan fingerprint density at radius 3 is 2.67 bits per heavy atom. The van der Waals surface area contributed by atoms with Crippen molar-refractivity contribution in [2.45, 2.75) is 19.5 Å². The number of amides is 1. The lowest BCUT2D eigenvalue weighted by Gasteiger charge is -2.20. The van der Waals surface area contributed by atoms with Gasteiger partial charge in [0.25, 0.3) is 0 Å². The van der Waals surface area contributed by atoms with Crippen LogP contribution >= 0.6 is 0 Å². The summed E-state index contributed by atoms with van der Waals surface area (Å²) in [7, 11) is 1.59. The zero-order valence-corrected chi connectivity index (χ0v) is 16.9. The molecule has 0 fully saturated rings. The lowest BCUT2D eigenvalue weighted by atomic mass is 10.1. The number of methoxy groups -OCH3 is 1. The quantitative estimate of drug-likeness (QED) is 0.495. The predicted molar refractivity (Wildman–Crippen MR) is 115 cm³/mol. The van der Waals surface area contributed by atoms with E-state index in [0.717, 1.165) is 22.6 Å². The molecule has 0 aliphatic rings. The summed E-state index contributed by atoms with van der Waals surface area (Å²) in [6, 6.07) is 20.4. The maximum absolute atomic E-state index is 13.2. The Kier molecular flexibility index (Phi) is 5.72. The third kappa shape index (κ3) is 4.16. The average Bonchev–Trinajstić information content (AvgIpc) is 3.18. The van der Waals surface area contributed by atoms with Gasteiger partial charge in [-0.1, -0.05) is 42.5 Å². The molecule has 152 valence electrons. The van der Waals surface area contributed by atoms with E-state index in [2.05, 4.69) is 20.8 Å². The highest BCUT2D eigenvalue weighted by Crippen LogP contribution is 2.26. The van der Waals surface area contributed by atoms with Crippen LogP contribution in [-0.2, 0) is 11.3 Å². The number of hydrogen-bond donors (Lipinski definition) is 2. The number of nitrogens with zero attached hydrogens (tertiary/aromatic N) is 3. The van der Waals surface area contributed by atoms with Gasteiger partial charge in [0.05, 0.1) is 19.3 Å². The van der Waals surface area contributed by atoms with E-state index in [1.807, 2.05) is 84.3 Å². The smallest absolute Gasteiger partial charge is 0.246 e. The molecule has 1 amide bonds. The summed E-state index contributed by atoms with van der Waals surface area (Å²) in [5, 5.41) is 14.7. The maximum atomic E-state index is 13.2. The van der Waals surface area contributed by atoms with E-state index >= 15 is 0 Å².